The van der Waals surface area contributed by atoms with Crippen LogP contribution in [0.4, 0.5) is 11.4 Å². The summed E-state index contributed by atoms with van der Waals surface area (Å²) in [7, 11) is 1.63. The largest absolute Gasteiger partial charge is 0.322 e. The number of carbonyl (C=O) groups is 2. The molecule has 2 amide bonds. The van der Waals surface area contributed by atoms with Crippen LogP contribution in [-0.4, -0.2) is 33.0 Å². The van der Waals surface area contributed by atoms with Gasteiger partial charge in [-0.15, -0.1) is 0 Å². The number of nitrogens with zero attached hydrogens (tertiary/aromatic N) is 2. The number of benzene rings is 2. The van der Waals surface area contributed by atoms with Crippen LogP contribution in [0.5, 0.6) is 0 Å². The van der Waals surface area contributed by atoms with Gasteiger partial charge >= 0.3 is 0 Å². The maximum atomic E-state index is 12.4. The molecule has 1 fully saturated rings. The predicted octanol–water partition coefficient (Wildman–Crippen LogP) is 3.99. The second-order valence-electron chi connectivity index (χ2n) is 6.07. The van der Waals surface area contributed by atoms with Gasteiger partial charge < -0.3 is 5.32 Å². The van der Waals surface area contributed by atoms with E-state index in [1.807, 2.05) is 0 Å². The number of thioether (sulfide) groups is 1. The number of likely N-dealkylation sites (N-methyl/N-ethyl adjacent to an activating group) is 1. The number of hydrogen-bond donors (Lipinski definition) is 1. The van der Waals surface area contributed by atoms with Crippen LogP contribution in [0.3, 0.4) is 0 Å². The van der Waals surface area contributed by atoms with E-state index >= 15 is 0 Å². The topological polar surface area (TPSA) is 92.6 Å². The Kier molecular flexibility index (Phi) is 5.57. The highest BCUT2D eigenvalue weighted by molar-refractivity contribution is 8.26. The number of rotatable bonds is 4. The van der Waals surface area contributed by atoms with Crippen molar-refractivity contribution in [1.29, 1.82) is 0 Å². The van der Waals surface area contributed by atoms with Crippen molar-refractivity contribution >= 4 is 57.6 Å². The summed E-state index contributed by atoms with van der Waals surface area (Å²) in [5, 5.41) is 13.5. The summed E-state index contributed by atoms with van der Waals surface area (Å²) in [4.78, 5) is 36.7. The molecule has 0 saturated carbocycles. The molecule has 1 saturated heterocycles. The van der Waals surface area contributed by atoms with Crippen LogP contribution in [0, 0.1) is 17.0 Å². The quantitative estimate of drug-likeness (QED) is 0.353. The number of amides is 2. The summed E-state index contributed by atoms with van der Waals surface area (Å²) in [5.41, 5.74) is 2.28. The summed E-state index contributed by atoms with van der Waals surface area (Å²) in [6, 6.07) is 11.0. The molecule has 142 valence electrons. The predicted molar refractivity (Wildman–Crippen MR) is 113 cm³/mol. The number of nitro groups is 1. The highest BCUT2D eigenvalue weighted by Gasteiger charge is 2.28. The molecule has 2 aromatic rings. The van der Waals surface area contributed by atoms with Gasteiger partial charge in [-0.05, 0) is 42.3 Å². The van der Waals surface area contributed by atoms with Crippen molar-refractivity contribution in [2.24, 2.45) is 0 Å². The molecule has 0 aliphatic carbocycles. The summed E-state index contributed by atoms with van der Waals surface area (Å²) in [6.07, 6.45) is 1.73. The molecule has 2 aromatic carbocycles. The molecule has 3 rings (SSSR count). The van der Waals surface area contributed by atoms with Gasteiger partial charge in [0.15, 0.2) is 0 Å². The number of non-ortho nitro benzene ring substituents is 1. The van der Waals surface area contributed by atoms with Gasteiger partial charge in [0, 0.05) is 30.4 Å². The zero-order valence-electron chi connectivity index (χ0n) is 15.0. The first-order valence-corrected chi connectivity index (χ1v) is 9.37. The molecule has 28 heavy (non-hydrogen) atoms. The van der Waals surface area contributed by atoms with E-state index < -0.39 is 4.92 Å². The minimum absolute atomic E-state index is 0.0302. The lowest BCUT2D eigenvalue weighted by Gasteiger charge is -2.08. The molecule has 7 nitrogen and oxygen atoms in total. The van der Waals surface area contributed by atoms with Crippen LogP contribution in [0.1, 0.15) is 21.5 Å². The third kappa shape index (κ3) is 4.10. The van der Waals surface area contributed by atoms with Crippen LogP contribution < -0.4 is 5.32 Å². The van der Waals surface area contributed by atoms with E-state index in [2.05, 4.69) is 5.32 Å². The first-order valence-electron chi connectivity index (χ1n) is 8.14. The average molecular weight is 413 g/mol. The highest BCUT2D eigenvalue weighted by atomic mass is 32.2. The Labute approximate surface area is 170 Å². The van der Waals surface area contributed by atoms with E-state index in [0.29, 0.717) is 26.0 Å². The molecule has 0 bridgehead atoms. The fraction of sp³-hybridized carbons (Fsp3) is 0.105. The van der Waals surface area contributed by atoms with Crippen LogP contribution in [0.15, 0.2) is 47.4 Å². The highest BCUT2D eigenvalue weighted by Crippen LogP contribution is 2.31. The van der Waals surface area contributed by atoms with Gasteiger partial charge in [-0.3, -0.25) is 24.6 Å². The summed E-state index contributed by atoms with van der Waals surface area (Å²) >= 11 is 6.33. The van der Waals surface area contributed by atoms with E-state index in [4.69, 9.17) is 12.2 Å². The first-order chi connectivity index (χ1) is 13.3. The fourth-order valence-electron chi connectivity index (χ4n) is 2.52. The molecule has 1 heterocycles. The third-order valence-electron chi connectivity index (χ3n) is 4.13. The Morgan fingerprint density at radius 3 is 2.46 bits per heavy atom. The molecule has 0 radical (unpaired) electrons. The second-order valence-corrected chi connectivity index (χ2v) is 7.75. The van der Waals surface area contributed by atoms with Gasteiger partial charge in [0.1, 0.15) is 4.32 Å². The Morgan fingerprint density at radius 2 is 1.93 bits per heavy atom. The first kappa shape index (κ1) is 19.7. The maximum Gasteiger partial charge on any atom is 0.269 e. The van der Waals surface area contributed by atoms with E-state index in [9.17, 15) is 19.7 Å². The molecule has 1 aliphatic heterocycles. The van der Waals surface area contributed by atoms with E-state index in [1.165, 1.54) is 34.9 Å². The van der Waals surface area contributed by atoms with Crippen LogP contribution >= 0.6 is 24.0 Å². The Morgan fingerprint density at radius 1 is 1.25 bits per heavy atom. The molecule has 0 spiro atoms. The molecule has 9 heteroatoms. The number of hydrogen-bond acceptors (Lipinski definition) is 6. The lowest BCUT2D eigenvalue weighted by atomic mass is 10.1. The number of carbonyl (C=O) groups excluding carboxylic acids is 2. The van der Waals surface area contributed by atoms with Crippen molar-refractivity contribution in [2.75, 3.05) is 12.4 Å². The molecular formula is C19H15N3O4S2. The minimum atomic E-state index is -0.482. The van der Waals surface area contributed by atoms with Gasteiger partial charge in [-0.25, -0.2) is 0 Å². The van der Waals surface area contributed by atoms with Gasteiger partial charge in [-0.1, -0.05) is 36.1 Å². The summed E-state index contributed by atoms with van der Waals surface area (Å²) in [6.45, 7) is 1.69. The molecule has 0 aromatic heterocycles. The molecular weight excluding hydrogens is 398 g/mol. The fourth-order valence-corrected chi connectivity index (χ4v) is 3.70. The van der Waals surface area contributed by atoms with Gasteiger partial charge in [0.25, 0.3) is 17.5 Å². The van der Waals surface area contributed by atoms with Crippen LogP contribution in [0.2, 0.25) is 0 Å². The Bertz CT molecular complexity index is 1030. The number of nitro benzene ring substituents is 1. The third-order valence-corrected chi connectivity index (χ3v) is 5.61. The van der Waals surface area contributed by atoms with Crippen molar-refractivity contribution in [3.05, 3.63) is 74.2 Å². The summed E-state index contributed by atoms with van der Waals surface area (Å²) in [5.74, 6) is -0.478. The van der Waals surface area contributed by atoms with Crippen LogP contribution in [-0.2, 0) is 4.79 Å². The van der Waals surface area contributed by atoms with Gasteiger partial charge in [0.2, 0.25) is 0 Å². The Balaban J connectivity index is 1.73. The molecule has 0 atom stereocenters. The van der Waals surface area contributed by atoms with E-state index in [-0.39, 0.29) is 17.5 Å². The van der Waals surface area contributed by atoms with Crippen molar-refractivity contribution in [3.8, 4) is 0 Å². The van der Waals surface area contributed by atoms with Crippen molar-refractivity contribution in [3.63, 3.8) is 0 Å². The van der Waals surface area contributed by atoms with Crippen molar-refractivity contribution in [2.45, 2.75) is 6.92 Å². The number of nitrogens with one attached hydrogen (secondary N) is 1. The number of thiocarbonyl (C=S) groups is 1. The van der Waals surface area contributed by atoms with Gasteiger partial charge in [0.05, 0.1) is 9.83 Å². The van der Waals surface area contributed by atoms with Gasteiger partial charge in [-0.2, -0.15) is 0 Å². The second kappa shape index (κ2) is 7.91. The van der Waals surface area contributed by atoms with Crippen molar-refractivity contribution in [1.82, 2.24) is 4.90 Å². The SMILES string of the molecule is Cc1cc([N+](=O)[O-])ccc1NC(=O)c1ccc(C=C2SC(=S)N(C)C2=O)cc1. The molecule has 1 aliphatic rings. The van der Waals surface area contributed by atoms with Crippen LogP contribution in [0.25, 0.3) is 6.08 Å². The standard InChI is InChI=1S/C19H15N3O4S2/c1-11-9-14(22(25)26)7-8-15(11)20-17(23)13-5-3-12(4-6-13)10-16-18(24)21(2)19(27)28-16/h3-10H,1-2H3,(H,20,23). The van der Waals surface area contributed by atoms with Crippen molar-refractivity contribution < 1.29 is 14.5 Å². The molecule has 0 unspecified atom stereocenters. The zero-order chi connectivity index (χ0) is 20.4. The van der Waals surface area contributed by atoms with E-state index in [0.717, 1.165) is 5.56 Å². The lowest BCUT2D eigenvalue weighted by Crippen LogP contribution is -2.22. The van der Waals surface area contributed by atoms with E-state index in [1.54, 1.807) is 44.3 Å². The lowest BCUT2D eigenvalue weighted by molar-refractivity contribution is -0.384. The zero-order valence-corrected chi connectivity index (χ0v) is 16.6. The normalized spacial score (nSPS) is 15.2. The average Bonchev–Trinajstić information content (AvgIpc) is 2.90. The Hall–Kier alpha value is -3.04. The molecule has 1 N–H and O–H groups in total. The smallest absolute Gasteiger partial charge is 0.269 e. The summed E-state index contributed by atoms with van der Waals surface area (Å²) < 4.78 is 0.505. The monoisotopic (exact) mass is 413 g/mol. The maximum absolute atomic E-state index is 12.4. The number of aryl methyl sites for hydroxylation is 1. The number of anilines is 1. The minimum Gasteiger partial charge on any atom is -0.322 e.